The molecule has 1 N–H and O–H groups in total. The first-order valence-corrected chi connectivity index (χ1v) is 8.23. The number of aryl methyl sites for hydroxylation is 1. The monoisotopic (exact) mass is 325 g/mol. The van der Waals surface area contributed by atoms with Crippen LogP contribution in [0, 0.1) is 6.92 Å². The molecule has 0 fully saturated rings. The molecule has 0 radical (unpaired) electrons. The van der Waals surface area contributed by atoms with Gasteiger partial charge in [0.25, 0.3) is 0 Å². The number of hydrogen-bond acceptors (Lipinski definition) is 3. The Bertz CT molecular complexity index is 703. The fraction of sp³-hybridized carbons (Fsp3) is 0.368. The van der Waals surface area contributed by atoms with E-state index in [-0.39, 0.29) is 12.1 Å². The number of methoxy groups -OCH3 is 1. The number of rotatable bonds is 4. The summed E-state index contributed by atoms with van der Waals surface area (Å²) in [7, 11) is 1.63. The topological polar surface area (TPSA) is 54.5 Å². The lowest BCUT2D eigenvalue weighted by Crippen LogP contribution is -2.46. The van der Waals surface area contributed by atoms with Gasteiger partial charge in [-0.2, -0.15) is 0 Å². The van der Waals surface area contributed by atoms with E-state index >= 15 is 0 Å². The molecular formula is C19H23N3O2. The molecule has 5 nitrogen and oxygen atoms in total. The van der Waals surface area contributed by atoms with Crippen molar-refractivity contribution >= 4 is 6.03 Å². The van der Waals surface area contributed by atoms with Gasteiger partial charge in [-0.1, -0.05) is 29.8 Å². The van der Waals surface area contributed by atoms with Crippen molar-refractivity contribution in [2.24, 2.45) is 0 Å². The third kappa shape index (κ3) is 3.41. The van der Waals surface area contributed by atoms with Crippen molar-refractivity contribution in [3.05, 3.63) is 65.0 Å². The molecule has 2 amide bonds. The zero-order valence-electron chi connectivity index (χ0n) is 14.2. The van der Waals surface area contributed by atoms with Crippen LogP contribution in [0.4, 0.5) is 4.79 Å². The van der Waals surface area contributed by atoms with Crippen LogP contribution in [0.25, 0.3) is 0 Å². The minimum atomic E-state index is -0.106. The molecule has 1 aliphatic rings. The minimum absolute atomic E-state index is 0.0628. The van der Waals surface area contributed by atoms with E-state index in [2.05, 4.69) is 35.4 Å². The molecule has 0 saturated carbocycles. The summed E-state index contributed by atoms with van der Waals surface area (Å²) < 4.78 is 5.02. The molecule has 1 atom stereocenters. The lowest BCUT2D eigenvalue weighted by atomic mass is 9.88. The average Bonchev–Trinajstić information content (AvgIpc) is 2.61. The molecule has 126 valence electrons. The number of hydrogen-bond donors (Lipinski definition) is 1. The van der Waals surface area contributed by atoms with Crippen LogP contribution >= 0.6 is 0 Å². The molecule has 1 unspecified atom stereocenters. The summed E-state index contributed by atoms with van der Waals surface area (Å²) in [4.78, 5) is 18.8. The Balaban J connectivity index is 1.94. The van der Waals surface area contributed by atoms with Gasteiger partial charge in [0.05, 0.1) is 12.6 Å². The Morgan fingerprint density at radius 2 is 2.29 bits per heavy atom. The van der Waals surface area contributed by atoms with Crippen molar-refractivity contribution < 1.29 is 9.53 Å². The second-order valence-electron chi connectivity index (χ2n) is 6.06. The number of benzene rings is 1. The average molecular weight is 325 g/mol. The van der Waals surface area contributed by atoms with E-state index in [4.69, 9.17) is 4.74 Å². The molecule has 0 aliphatic carbocycles. The van der Waals surface area contributed by atoms with Gasteiger partial charge in [-0.3, -0.25) is 4.98 Å². The first kappa shape index (κ1) is 16.5. The van der Waals surface area contributed by atoms with Crippen molar-refractivity contribution in [2.45, 2.75) is 19.4 Å². The van der Waals surface area contributed by atoms with E-state index < -0.39 is 0 Å². The van der Waals surface area contributed by atoms with Gasteiger partial charge in [-0.05, 0) is 36.1 Å². The standard InChI is InChI=1S/C19H23N3O2/c1-14-5-6-17-15(12-14)7-10-22(19(23)21-9-11-24-2)18(17)16-4-3-8-20-13-16/h3-6,8,12-13,18H,7,9-11H2,1-2H3,(H,21,23). The molecule has 24 heavy (non-hydrogen) atoms. The van der Waals surface area contributed by atoms with Gasteiger partial charge in [0.2, 0.25) is 0 Å². The number of amides is 2. The molecule has 2 heterocycles. The van der Waals surface area contributed by atoms with E-state index in [0.29, 0.717) is 19.7 Å². The number of pyridine rings is 1. The molecule has 5 heteroatoms. The third-order valence-electron chi connectivity index (χ3n) is 4.37. The van der Waals surface area contributed by atoms with E-state index in [1.54, 1.807) is 13.3 Å². The van der Waals surface area contributed by atoms with Crippen LogP contribution in [-0.4, -0.2) is 42.7 Å². The van der Waals surface area contributed by atoms with Crippen LogP contribution in [0.15, 0.2) is 42.7 Å². The maximum atomic E-state index is 12.7. The highest BCUT2D eigenvalue weighted by Crippen LogP contribution is 2.35. The first-order chi connectivity index (χ1) is 11.7. The van der Waals surface area contributed by atoms with Crippen LogP contribution in [0.5, 0.6) is 0 Å². The highest BCUT2D eigenvalue weighted by Gasteiger charge is 2.32. The fourth-order valence-electron chi connectivity index (χ4n) is 3.23. The number of aromatic nitrogens is 1. The Morgan fingerprint density at radius 3 is 3.04 bits per heavy atom. The Labute approximate surface area is 142 Å². The molecule has 0 spiro atoms. The first-order valence-electron chi connectivity index (χ1n) is 8.23. The number of fused-ring (bicyclic) bond motifs is 1. The number of nitrogens with zero attached hydrogens (tertiary/aromatic N) is 2. The van der Waals surface area contributed by atoms with Gasteiger partial charge in [-0.25, -0.2) is 4.79 Å². The van der Waals surface area contributed by atoms with Gasteiger partial charge >= 0.3 is 6.03 Å². The zero-order valence-corrected chi connectivity index (χ0v) is 14.2. The van der Waals surface area contributed by atoms with Gasteiger partial charge < -0.3 is 15.0 Å². The molecule has 2 aromatic rings. The van der Waals surface area contributed by atoms with Crippen molar-refractivity contribution in [1.82, 2.24) is 15.2 Å². The zero-order chi connectivity index (χ0) is 16.9. The van der Waals surface area contributed by atoms with Crippen LogP contribution in [-0.2, 0) is 11.2 Å². The molecule has 3 rings (SSSR count). The Kier molecular flexibility index (Phi) is 5.11. The third-order valence-corrected chi connectivity index (χ3v) is 4.37. The van der Waals surface area contributed by atoms with E-state index in [9.17, 15) is 4.79 Å². The van der Waals surface area contributed by atoms with Gasteiger partial charge in [0, 0.05) is 32.6 Å². The number of ether oxygens (including phenoxy) is 1. The summed E-state index contributed by atoms with van der Waals surface area (Å²) in [5.74, 6) is 0. The van der Waals surface area contributed by atoms with Gasteiger partial charge in [0.1, 0.15) is 0 Å². The van der Waals surface area contributed by atoms with Crippen molar-refractivity contribution in [3.8, 4) is 0 Å². The summed E-state index contributed by atoms with van der Waals surface area (Å²) in [6.07, 6.45) is 4.46. The smallest absolute Gasteiger partial charge is 0.318 e. The second kappa shape index (κ2) is 7.45. The number of carbonyl (C=O) groups is 1. The molecule has 0 saturated heterocycles. The normalized spacial score (nSPS) is 16.6. The van der Waals surface area contributed by atoms with Crippen LogP contribution in [0.3, 0.4) is 0 Å². The SMILES string of the molecule is COCCNC(=O)N1CCc2cc(C)ccc2C1c1cccnc1. The lowest BCUT2D eigenvalue weighted by Gasteiger charge is -2.37. The fourth-order valence-corrected chi connectivity index (χ4v) is 3.23. The molecule has 0 bridgehead atoms. The Hall–Kier alpha value is -2.40. The van der Waals surface area contributed by atoms with Crippen LogP contribution in [0.2, 0.25) is 0 Å². The lowest BCUT2D eigenvalue weighted by molar-refractivity contribution is 0.168. The number of urea groups is 1. The molecule has 1 aromatic heterocycles. The highest BCUT2D eigenvalue weighted by atomic mass is 16.5. The highest BCUT2D eigenvalue weighted by molar-refractivity contribution is 5.76. The predicted molar refractivity (Wildman–Crippen MR) is 92.9 cm³/mol. The van der Waals surface area contributed by atoms with Crippen molar-refractivity contribution in [2.75, 3.05) is 26.8 Å². The molecule has 1 aromatic carbocycles. The molecular weight excluding hydrogens is 302 g/mol. The minimum Gasteiger partial charge on any atom is -0.383 e. The van der Waals surface area contributed by atoms with Crippen LogP contribution in [0.1, 0.15) is 28.3 Å². The quantitative estimate of drug-likeness (QED) is 0.880. The Morgan fingerprint density at radius 1 is 1.42 bits per heavy atom. The summed E-state index contributed by atoms with van der Waals surface area (Å²) in [6.45, 7) is 3.80. The molecule has 1 aliphatic heterocycles. The number of nitrogens with one attached hydrogen (secondary N) is 1. The van der Waals surface area contributed by atoms with E-state index in [0.717, 1.165) is 12.0 Å². The second-order valence-corrected chi connectivity index (χ2v) is 6.06. The van der Waals surface area contributed by atoms with Gasteiger partial charge in [0.15, 0.2) is 0 Å². The maximum Gasteiger partial charge on any atom is 0.318 e. The van der Waals surface area contributed by atoms with Gasteiger partial charge in [-0.15, -0.1) is 0 Å². The summed E-state index contributed by atoms with van der Waals surface area (Å²) >= 11 is 0. The summed E-state index contributed by atoms with van der Waals surface area (Å²) in [6, 6.07) is 10.2. The summed E-state index contributed by atoms with van der Waals surface area (Å²) in [5, 5.41) is 2.94. The van der Waals surface area contributed by atoms with E-state index in [1.807, 2.05) is 23.2 Å². The van der Waals surface area contributed by atoms with Crippen molar-refractivity contribution in [1.29, 1.82) is 0 Å². The largest absolute Gasteiger partial charge is 0.383 e. The number of carbonyl (C=O) groups excluding carboxylic acids is 1. The predicted octanol–water partition coefficient (Wildman–Crippen LogP) is 2.69. The van der Waals surface area contributed by atoms with Crippen molar-refractivity contribution in [3.63, 3.8) is 0 Å². The maximum absolute atomic E-state index is 12.7. The summed E-state index contributed by atoms with van der Waals surface area (Å²) in [5.41, 5.74) is 4.77. The van der Waals surface area contributed by atoms with E-state index in [1.165, 1.54) is 16.7 Å². The van der Waals surface area contributed by atoms with Crippen LogP contribution < -0.4 is 5.32 Å².